The van der Waals surface area contributed by atoms with Gasteiger partial charge in [-0.25, -0.2) is 15.0 Å². The summed E-state index contributed by atoms with van der Waals surface area (Å²) in [7, 11) is 0. The van der Waals surface area contributed by atoms with E-state index >= 15 is 0 Å². The minimum absolute atomic E-state index is 0. The summed E-state index contributed by atoms with van der Waals surface area (Å²) in [6, 6.07) is 6.17. The van der Waals surface area contributed by atoms with E-state index in [-0.39, 0.29) is 8.41 Å². The molecule has 12 heteroatoms. The summed E-state index contributed by atoms with van der Waals surface area (Å²) in [4.78, 5) is 34.0. The zero-order valence-corrected chi connectivity index (χ0v) is 20.4. The molecule has 0 bridgehead atoms. The SMILES string of the molecule is N#Cc1cnc(NC2CCCCC2)nc1.O=c1[nH]c(N2CCOCC2)cc2ncc(-c3ncn[nH]3)cc12.[HH].[HH]. The minimum atomic E-state index is -0.159. The summed E-state index contributed by atoms with van der Waals surface area (Å²) < 4.78 is 5.33. The summed E-state index contributed by atoms with van der Waals surface area (Å²) in [6.45, 7) is 2.85. The van der Waals surface area contributed by atoms with Crippen LogP contribution in [0, 0.1) is 11.3 Å². The number of hydrogen-bond acceptors (Lipinski definition) is 10. The highest BCUT2D eigenvalue weighted by Gasteiger charge is 2.15. The van der Waals surface area contributed by atoms with Gasteiger partial charge in [-0.3, -0.25) is 14.9 Å². The van der Waals surface area contributed by atoms with Crippen LogP contribution in [0.5, 0.6) is 0 Å². The number of pyridine rings is 2. The van der Waals surface area contributed by atoms with Crippen LogP contribution in [0.4, 0.5) is 11.8 Å². The number of fused-ring (bicyclic) bond motifs is 1. The van der Waals surface area contributed by atoms with Gasteiger partial charge in [-0.2, -0.15) is 10.4 Å². The molecule has 6 rings (SSSR count). The van der Waals surface area contributed by atoms with Crippen molar-refractivity contribution in [3.63, 3.8) is 0 Å². The van der Waals surface area contributed by atoms with Crippen LogP contribution in [0.3, 0.4) is 0 Å². The molecule has 5 heterocycles. The average molecular weight is 505 g/mol. The molecule has 1 aliphatic carbocycles. The summed E-state index contributed by atoms with van der Waals surface area (Å²) in [5.41, 5.74) is 1.74. The molecule has 4 aromatic rings. The fraction of sp³-hybridized carbons (Fsp3) is 0.400. The Balaban J connectivity index is 0.000000219. The van der Waals surface area contributed by atoms with Gasteiger partial charge in [-0.1, -0.05) is 19.3 Å². The van der Waals surface area contributed by atoms with E-state index in [1.165, 1.54) is 38.4 Å². The molecule has 1 aliphatic heterocycles. The first-order valence-corrected chi connectivity index (χ1v) is 12.4. The number of nitrogens with one attached hydrogen (secondary N) is 3. The van der Waals surface area contributed by atoms with E-state index < -0.39 is 0 Å². The quantitative estimate of drug-likeness (QED) is 0.376. The Morgan fingerprint density at radius 3 is 2.54 bits per heavy atom. The van der Waals surface area contributed by atoms with E-state index in [0.29, 0.717) is 47.5 Å². The van der Waals surface area contributed by atoms with Gasteiger partial charge in [0.1, 0.15) is 18.2 Å². The number of nitrogens with zero attached hydrogens (tertiary/aromatic N) is 7. The Hall–Kier alpha value is -4.37. The molecule has 0 aromatic carbocycles. The monoisotopic (exact) mass is 504 g/mol. The van der Waals surface area contributed by atoms with Crippen molar-refractivity contribution in [3.8, 4) is 17.5 Å². The molecule has 4 aromatic heterocycles. The molecule has 0 atom stereocenters. The van der Waals surface area contributed by atoms with Crippen molar-refractivity contribution < 1.29 is 7.59 Å². The number of morpholine rings is 1. The molecule has 3 N–H and O–H groups in total. The highest BCUT2D eigenvalue weighted by molar-refractivity contribution is 5.83. The maximum atomic E-state index is 12.4. The number of ether oxygens (including phenoxy) is 1. The Labute approximate surface area is 216 Å². The number of rotatable bonds is 4. The Kier molecular flexibility index (Phi) is 7.61. The van der Waals surface area contributed by atoms with Gasteiger partial charge in [0.25, 0.3) is 5.56 Å². The fourth-order valence-corrected chi connectivity index (χ4v) is 4.46. The molecule has 0 unspecified atom stereocenters. The maximum absolute atomic E-state index is 12.4. The standard InChI is InChI=1S/C14H14N6O2.C11H14N4.2H2/c21-14-10-5-9(13-16-8-17-19-13)7-15-11(10)6-12(18-14)20-1-3-22-4-2-20;12-6-9-7-13-11(14-8-9)15-10-4-2-1-3-5-10;;/h5-8H,1-4H2,(H,18,21)(H,16,17,19);7-8,10H,1-5H2,(H,13,14,15);2*1H. The number of hydrogen-bond donors (Lipinski definition) is 3. The van der Waals surface area contributed by atoms with Gasteiger partial charge < -0.3 is 19.9 Å². The molecule has 1 saturated heterocycles. The van der Waals surface area contributed by atoms with Crippen LogP contribution in [-0.2, 0) is 4.74 Å². The lowest BCUT2D eigenvalue weighted by molar-refractivity contribution is 0.122. The van der Waals surface area contributed by atoms with Crippen LogP contribution in [0.2, 0.25) is 0 Å². The Morgan fingerprint density at radius 2 is 1.84 bits per heavy atom. The maximum Gasteiger partial charge on any atom is 0.258 e. The third-order valence-corrected chi connectivity index (χ3v) is 6.44. The van der Waals surface area contributed by atoms with E-state index in [1.54, 1.807) is 24.7 Å². The third kappa shape index (κ3) is 6.07. The third-order valence-electron chi connectivity index (χ3n) is 6.44. The zero-order chi connectivity index (χ0) is 25.5. The van der Waals surface area contributed by atoms with Gasteiger partial charge in [-0.15, -0.1) is 0 Å². The summed E-state index contributed by atoms with van der Waals surface area (Å²) in [6.07, 6.45) is 12.5. The first kappa shape index (κ1) is 24.3. The number of H-pyrrole nitrogens is 2. The predicted octanol–water partition coefficient (Wildman–Crippen LogP) is 3.13. The number of aromatic amines is 2. The number of anilines is 2. The number of aromatic nitrogens is 7. The lowest BCUT2D eigenvalue weighted by Crippen LogP contribution is -2.37. The second kappa shape index (κ2) is 11.6. The van der Waals surface area contributed by atoms with Gasteiger partial charge in [0.2, 0.25) is 5.95 Å². The van der Waals surface area contributed by atoms with E-state index in [9.17, 15) is 4.79 Å². The van der Waals surface area contributed by atoms with Gasteiger partial charge in [0, 0.05) is 39.8 Å². The van der Waals surface area contributed by atoms with Crippen molar-refractivity contribution in [2.24, 2.45) is 0 Å². The molecular formula is C25H32N10O2. The van der Waals surface area contributed by atoms with Crippen molar-refractivity contribution >= 4 is 22.7 Å². The number of nitriles is 1. The summed E-state index contributed by atoms with van der Waals surface area (Å²) in [5, 5.41) is 19.0. The fourth-order valence-electron chi connectivity index (χ4n) is 4.46. The smallest absolute Gasteiger partial charge is 0.258 e. The largest absolute Gasteiger partial charge is 0.378 e. The van der Waals surface area contributed by atoms with Crippen molar-refractivity contribution in [3.05, 3.63) is 53.0 Å². The van der Waals surface area contributed by atoms with E-state index in [1.807, 2.05) is 12.1 Å². The van der Waals surface area contributed by atoms with Crippen LogP contribution >= 0.6 is 0 Å². The highest BCUT2D eigenvalue weighted by atomic mass is 16.5. The van der Waals surface area contributed by atoms with Crippen molar-refractivity contribution in [2.75, 3.05) is 36.5 Å². The van der Waals surface area contributed by atoms with Crippen molar-refractivity contribution in [1.82, 2.24) is 35.1 Å². The lowest BCUT2D eigenvalue weighted by Gasteiger charge is -2.28. The second-order valence-corrected chi connectivity index (χ2v) is 8.96. The van der Waals surface area contributed by atoms with E-state index in [2.05, 4.69) is 45.3 Å². The van der Waals surface area contributed by atoms with Gasteiger partial charge >= 0.3 is 0 Å². The molecule has 0 amide bonds. The van der Waals surface area contributed by atoms with Gasteiger partial charge in [-0.05, 0) is 18.9 Å². The average Bonchev–Trinajstić information content (AvgIpc) is 3.50. The Bertz CT molecular complexity index is 1410. The van der Waals surface area contributed by atoms with Gasteiger partial charge in [0.15, 0.2) is 5.82 Å². The van der Waals surface area contributed by atoms with Gasteiger partial charge in [0.05, 0.1) is 42.1 Å². The summed E-state index contributed by atoms with van der Waals surface area (Å²) >= 11 is 0. The molecule has 0 spiro atoms. The second-order valence-electron chi connectivity index (χ2n) is 8.96. The topological polar surface area (TPSA) is 161 Å². The first-order chi connectivity index (χ1) is 18.2. The van der Waals surface area contributed by atoms with Crippen LogP contribution in [0.25, 0.3) is 22.3 Å². The zero-order valence-electron chi connectivity index (χ0n) is 20.4. The Morgan fingerprint density at radius 1 is 1.05 bits per heavy atom. The molecule has 37 heavy (non-hydrogen) atoms. The highest BCUT2D eigenvalue weighted by Crippen LogP contribution is 2.21. The van der Waals surface area contributed by atoms with Crippen LogP contribution < -0.4 is 15.8 Å². The van der Waals surface area contributed by atoms with Crippen LogP contribution in [0.15, 0.2) is 41.8 Å². The van der Waals surface area contributed by atoms with Crippen LogP contribution in [0.1, 0.15) is 40.5 Å². The van der Waals surface area contributed by atoms with Crippen LogP contribution in [-0.4, -0.2) is 67.5 Å². The molecule has 2 fully saturated rings. The van der Waals surface area contributed by atoms with E-state index in [4.69, 9.17) is 10.00 Å². The van der Waals surface area contributed by atoms with Crippen molar-refractivity contribution in [2.45, 2.75) is 38.1 Å². The molecular weight excluding hydrogens is 472 g/mol. The molecule has 194 valence electrons. The van der Waals surface area contributed by atoms with E-state index in [0.717, 1.165) is 24.5 Å². The van der Waals surface area contributed by atoms with Crippen molar-refractivity contribution in [1.29, 1.82) is 5.26 Å². The normalized spacial score (nSPS) is 16.0. The minimum Gasteiger partial charge on any atom is -0.378 e. The molecule has 0 radical (unpaired) electrons. The lowest BCUT2D eigenvalue weighted by atomic mass is 9.96. The first-order valence-electron chi connectivity index (χ1n) is 12.4. The molecule has 12 nitrogen and oxygen atoms in total. The summed E-state index contributed by atoms with van der Waals surface area (Å²) in [5.74, 6) is 2.01. The molecule has 2 aliphatic rings. The predicted molar refractivity (Wildman–Crippen MR) is 142 cm³/mol. The molecule has 1 saturated carbocycles.